The van der Waals surface area contributed by atoms with Crippen molar-refractivity contribution >= 4 is 38.0 Å². The zero-order valence-electron chi connectivity index (χ0n) is 21.8. The number of benzene rings is 2. The van der Waals surface area contributed by atoms with Crippen LogP contribution in [0.25, 0.3) is 22.0 Å². The Balaban J connectivity index is 1.66. The van der Waals surface area contributed by atoms with Crippen LogP contribution in [0, 0.1) is 11.6 Å². The Morgan fingerprint density at radius 2 is 1.93 bits per heavy atom. The van der Waals surface area contributed by atoms with Crippen molar-refractivity contribution in [2.24, 2.45) is 7.05 Å². The van der Waals surface area contributed by atoms with Crippen molar-refractivity contribution < 1.29 is 26.4 Å². The minimum absolute atomic E-state index is 0.00268. The van der Waals surface area contributed by atoms with E-state index in [2.05, 4.69) is 15.3 Å². The van der Waals surface area contributed by atoms with Crippen LogP contribution in [0.3, 0.4) is 0 Å². The first-order chi connectivity index (χ1) is 19.5. The summed E-state index contributed by atoms with van der Waals surface area (Å²) in [6, 6.07) is 6.64. The number of carbonyl (C=O) groups excluding carboxylic acids is 1. The van der Waals surface area contributed by atoms with E-state index >= 15 is 4.39 Å². The lowest BCUT2D eigenvalue weighted by molar-refractivity contribution is -0.122. The predicted molar refractivity (Wildman–Crippen MR) is 147 cm³/mol. The first kappa shape index (κ1) is 26.4. The molecule has 0 aliphatic carbocycles. The summed E-state index contributed by atoms with van der Waals surface area (Å²) in [6.07, 6.45) is 6.83. The van der Waals surface area contributed by atoms with Crippen LogP contribution in [-0.2, 0) is 34.0 Å². The lowest BCUT2D eigenvalue weighted by Crippen LogP contribution is -2.38. The fourth-order valence-electron chi connectivity index (χ4n) is 5.29. The monoisotopic (exact) mass is 579 g/mol. The van der Waals surface area contributed by atoms with E-state index in [1.165, 1.54) is 34.4 Å². The van der Waals surface area contributed by atoms with Gasteiger partial charge in [0.1, 0.15) is 29.5 Å². The maximum atomic E-state index is 15.5. The number of hydrogen-bond donors (Lipinski definition) is 2. The van der Waals surface area contributed by atoms with E-state index in [0.717, 1.165) is 18.4 Å². The van der Waals surface area contributed by atoms with Crippen molar-refractivity contribution in [3.05, 3.63) is 100 Å². The molecule has 3 aromatic heterocycles. The number of fused-ring (bicyclic) bond motifs is 2. The summed E-state index contributed by atoms with van der Waals surface area (Å²) in [6.45, 7) is 0.00268. The minimum atomic E-state index is -3.41. The summed E-state index contributed by atoms with van der Waals surface area (Å²) < 4.78 is 60.2. The van der Waals surface area contributed by atoms with Crippen molar-refractivity contribution in [1.29, 1.82) is 0 Å². The van der Waals surface area contributed by atoms with Gasteiger partial charge in [-0.2, -0.15) is 0 Å². The number of aromatic amines is 1. The summed E-state index contributed by atoms with van der Waals surface area (Å²) in [5.41, 5.74) is 2.39. The number of amides is 1. The van der Waals surface area contributed by atoms with Crippen molar-refractivity contribution in [3.63, 3.8) is 0 Å². The Hall–Kier alpha value is -4.78. The van der Waals surface area contributed by atoms with Crippen molar-refractivity contribution in [3.8, 4) is 11.1 Å². The quantitative estimate of drug-likeness (QED) is 0.313. The highest BCUT2D eigenvalue weighted by Gasteiger charge is 2.38. The van der Waals surface area contributed by atoms with Gasteiger partial charge in [0.2, 0.25) is 5.91 Å². The molecule has 210 valence electrons. The van der Waals surface area contributed by atoms with Gasteiger partial charge < -0.3 is 24.2 Å². The molecule has 1 amide bonds. The average molecular weight is 580 g/mol. The van der Waals surface area contributed by atoms with Crippen molar-refractivity contribution in [1.82, 2.24) is 19.9 Å². The standard InChI is InChI=1S/C28H23F2N5O5S/c1-34-11-20-18-7-15(13-41(2,38)39)3-5-22(18)35(23-6-4-16(29)8-21(23)30)26(19-10-31-25(24(19)20)28(34)37)27(36)32-9-17-12-40-14-33-17/h3-8,10-12,14,26,31H,9,13H2,1-2H3,(H,32,36). The zero-order valence-corrected chi connectivity index (χ0v) is 22.6. The SMILES string of the molecule is Cn1cc2c3c(c[nH]c3c1=O)C(C(=O)NCc1cocn1)N(c1ccc(F)cc1F)c1ccc(CS(C)(=O)=O)cc1-2. The first-order valence-electron chi connectivity index (χ1n) is 12.4. The number of aryl methyl sites for hydroxylation is 1. The number of pyridine rings is 1. The second kappa shape index (κ2) is 9.70. The Bertz CT molecular complexity index is 2000. The molecule has 2 N–H and O–H groups in total. The van der Waals surface area contributed by atoms with Gasteiger partial charge in [-0.05, 0) is 29.8 Å². The number of nitrogens with one attached hydrogen (secondary N) is 2. The largest absolute Gasteiger partial charge is 0.451 e. The third-order valence-electron chi connectivity index (χ3n) is 6.97. The topological polar surface area (TPSA) is 130 Å². The van der Waals surface area contributed by atoms with Crippen LogP contribution in [-0.4, -0.2) is 35.1 Å². The van der Waals surface area contributed by atoms with E-state index in [9.17, 15) is 22.4 Å². The van der Waals surface area contributed by atoms with Crippen LogP contribution in [0.5, 0.6) is 0 Å². The van der Waals surface area contributed by atoms with Crippen LogP contribution in [0.2, 0.25) is 0 Å². The molecule has 10 nitrogen and oxygen atoms in total. The summed E-state index contributed by atoms with van der Waals surface area (Å²) in [5, 5.41) is 3.23. The molecule has 0 fully saturated rings. The lowest BCUT2D eigenvalue weighted by Gasteiger charge is -2.33. The van der Waals surface area contributed by atoms with Gasteiger partial charge in [-0.1, -0.05) is 6.07 Å². The van der Waals surface area contributed by atoms with Crippen molar-refractivity contribution in [2.45, 2.75) is 18.3 Å². The van der Waals surface area contributed by atoms with Gasteiger partial charge in [0, 0.05) is 53.8 Å². The molecule has 0 bridgehead atoms. The molecule has 1 atom stereocenters. The van der Waals surface area contributed by atoms with E-state index in [4.69, 9.17) is 4.42 Å². The van der Waals surface area contributed by atoms with Gasteiger partial charge in [-0.3, -0.25) is 9.59 Å². The van der Waals surface area contributed by atoms with Gasteiger partial charge in [0.25, 0.3) is 5.56 Å². The fourth-order valence-corrected chi connectivity index (χ4v) is 6.08. The Morgan fingerprint density at radius 1 is 1.15 bits per heavy atom. The third kappa shape index (κ3) is 4.67. The van der Waals surface area contributed by atoms with Crippen LogP contribution in [0.4, 0.5) is 20.2 Å². The smallest absolute Gasteiger partial charge is 0.274 e. The molecule has 1 aliphatic heterocycles. The average Bonchev–Trinajstić information content (AvgIpc) is 3.56. The van der Waals surface area contributed by atoms with Crippen molar-refractivity contribution in [2.75, 3.05) is 11.2 Å². The maximum absolute atomic E-state index is 15.5. The van der Waals surface area contributed by atoms with E-state index < -0.39 is 33.4 Å². The Kier molecular flexibility index (Phi) is 6.25. The van der Waals surface area contributed by atoms with Crippen LogP contribution in [0.1, 0.15) is 22.9 Å². The molecular weight excluding hydrogens is 556 g/mol. The number of H-pyrrole nitrogens is 1. The molecule has 0 radical (unpaired) electrons. The number of hydrogen-bond acceptors (Lipinski definition) is 7. The zero-order chi connectivity index (χ0) is 29.1. The highest BCUT2D eigenvalue weighted by molar-refractivity contribution is 7.89. The second-order valence-electron chi connectivity index (χ2n) is 9.94. The van der Waals surface area contributed by atoms with E-state index in [-0.39, 0.29) is 29.1 Å². The van der Waals surface area contributed by atoms with E-state index in [1.54, 1.807) is 31.4 Å². The minimum Gasteiger partial charge on any atom is -0.451 e. The van der Waals surface area contributed by atoms with Gasteiger partial charge in [-0.15, -0.1) is 0 Å². The molecule has 41 heavy (non-hydrogen) atoms. The molecule has 2 aromatic carbocycles. The molecule has 4 heterocycles. The second-order valence-corrected chi connectivity index (χ2v) is 12.1. The molecular formula is C28H23F2N5O5S. The van der Waals surface area contributed by atoms with Gasteiger partial charge in [-0.25, -0.2) is 22.2 Å². The summed E-state index contributed by atoms with van der Waals surface area (Å²) in [4.78, 5) is 35.5. The summed E-state index contributed by atoms with van der Waals surface area (Å²) in [5.74, 6) is -2.54. The number of halogens is 2. The molecule has 13 heteroatoms. The molecule has 0 saturated heterocycles. The number of aromatic nitrogens is 3. The Morgan fingerprint density at radius 3 is 2.63 bits per heavy atom. The first-order valence-corrected chi connectivity index (χ1v) is 14.5. The fraction of sp³-hybridized carbons (Fsp3) is 0.179. The predicted octanol–water partition coefficient (Wildman–Crippen LogP) is 3.85. The number of sulfone groups is 1. The van der Waals surface area contributed by atoms with Crippen LogP contribution >= 0.6 is 0 Å². The summed E-state index contributed by atoms with van der Waals surface area (Å²) in [7, 11) is -1.84. The van der Waals surface area contributed by atoms with Gasteiger partial charge in [0.15, 0.2) is 16.2 Å². The molecule has 1 aliphatic rings. The molecule has 0 saturated carbocycles. The number of nitrogens with zero attached hydrogens (tertiary/aromatic N) is 3. The summed E-state index contributed by atoms with van der Waals surface area (Å²) >= 11 is 0. The normalized spacial score (nSPS) is 14.6. The molecule has 0 spiro atoms. The highest BCUT2D eigenvalue weighted by Crippen LogP contribution is 2.49. The van der Waals surface area contributed by atoms with Crippen LogP contribution < -0.4 is 15.8 Å². The van der Waals surface area contributed by atoms with Gasteiger partial charge in [0.05, 0.1) is 29.4 Å². The number of carbonyl (C=O) groups is 1. The number of rotatable bonds is 6. The molecule has 1 unspecified atom stereocenters. The Labute approximate surface area is 232 Å². The van der Waals surface area contributed by atoms with E-state index in [0.29, 0.717) is 39.0 Å². The maximum Gasteiger partial charge on any atom is 0.274 e. The van der Waals surface area contributed by atoms with Crippen LogP contribution in [0.15, 0.2) is 70.7 Å². The highest BCUT2D eigenvalue weighted by atomic mass is 32.2. The van der Waals surface area contributed by atoms with E-state index in [1.807, 2.05) is 0 Å². The lowest BCUT2D eigenvalue weighted by atomic mass is 9.98. The number of anilines is 2. The van der Waals surface area contributed by atoms with Gasteiger partial charge >= 0.3 is 0 Å². The molecule has 6 rings (SSSR count). The third-order valence-corrected chi connectivity index (χ3v) is 7.83. The molecule has 5 aromatic rings. The number of oxazole rings is 1.